The number of halogens is 1. The highest BCUT2D eigenvalue weighted by Crippen LogP contribution is 2.33. The van der Waals surface area contributed by atoms with Gasteiger partial charge in [0.15, 0.2) is 0 Å². The molecule has 0 heterocycles. The van der Waals surface area contributed by atoms with E-state index in [1.165, 1.54) is 48.5 Å². The number of anilines is 2. The Labute approximate surface area is 119 Å². The monoisotopic (exact) mass is 292 g/mol. The summed E-state index contributed by atoms with van der Waals surface area (Å²) < 4.78 is 0. The molecule has 102 valence electrons. The minimum absolute atomic E-state index is 0.0210. The second-order valence-electron chi connectivity index (χ2n) is 3.84. The minimum Gasteiger partial charge on any atom is -0.464 e. The predicted molar refractivity (Wildman–Crippen MR) is 74.7 cm³/mol. The molecule has 6 nitrogen and oxygen atoms in total. The van der Waals surface area contributed by atoms with Gasteiger partial charge in [-0.1, -0.05) is 23.7 Å². The summed E-state index contributed by atoms with van der Waals surface area (Å²) in [4.78, 5) is 22.6. The van der Waals surface area contributed by atoms with Crippen molar-refractivity contribution in [1.29, 1.82) is 0 Å². The van der Waals surface area contributed by atoms with Gasteiger partial charge in [-0.3, -0.25) is 10.1 Å². The van der Waals surface area contributed by atoms with Crippen molar-refractivity contribution in [3.8, 4) is 0 Å². The van der Waals surface area contributed by atoms with Gasteiger partial charge in [-0.05, 0) is 30.3 Å². The Morgan fingerprint density at radius 1 is 1.15 bits per heavy atom. The van der Waals surface area contributed by atoms with E-state index in [-0.39, 0.29) is 17.1 Å². The van der Waals surface area contributed by atoms with Crippen LogP contribution in [0.4, 0.5) is 21.9 Å². The van der Waals surface area contributed by atoms with Crippen LogP contribution in [-0.4, -0.2) is 16.1 Å². The van der Waals surface area contributed by atoms with Gasteiger partial charge in [0.05, 0.1) is 10.6 Å². The van der Waals surface area contributed by atoms with E-state index in [0.29, 0.717) is 5.02 Å². The number of nitro groups is 1. The summed E-state index contributed by atoms with van der Waals surface area (Å²) in [6, 6.07) is 11.6. The minimum atomic E-state index is -1.32. The van der Waals surface area contributed by atoms with Crippen LogP contribution >= 0.6 is 11.6 Å². The molecule has 0 atom stereocenters. The van der Waals surface area contributed by atoms with Crippen molar-refractivity contribution in [3.05, 3.63) is 63.7 Å². The normalized spacial score (nSPS) is 10.1. The average Bonchev–Trinajstić information content (AvgIpc) is 2.41. The summed E-state index contributed by atoms with van der Waals surface area (Å²) in [6.45, 7) is 0. The van der Waals surface area contributed by atoms with Crippen LogP contribution in [0.15, 0.2) is 48.5 Å². The van der Waals surface area contributed by atoms with Crippen LogP contribution in [0.25, 0.3) is 0 Å². The molecule has 20 heavy (non-hydrogen) atoms. The Kier molecular flexibility index (Phi) is 3.86. The van der Waals surface area contributed by atoms with Crippen molar-refractivity contribution in [2.75, 3.05) is 4.90 Å². The zero-order valence-electron chi connectivity index (χ0n) is 10.1. The Morgan fingerprint density at radius 2 is 1.75 bits per heavy atom. The van der Waals surface area contributed by atoms with E-state index < -0.39 is 11.0 Å². The van der Waals surface area contributed by atoms with Crippen LogP contribution in [0.5, 0.6) is 0 Å². The Bertz CT molecular complexity index is 658. The van der Waals surface area contributed by atoms with Crippen molar-refractivity contribution in [2.24, 2.45) is 0 Å². The first-order valence-electron chi connectivity index (χ1n) is 5.53. The molecular weight excluding hydrogens is 284 g/mol. The van der Waals surface area contributed by atoms with E-state index >= 15 is 0 Å². The fourth-order valence-corrected chi connectivity index (χ4v) is 1.88. The van der Waals surface area contributed by atoms with Crippen molar-refractivity contribution < 1.29 is 14.8 Å². The van der Waals surface area contributed by atoms with E-state index in [0.717, 1.165) is 4.90 Å². The number of nitro benzene ring substituents is 1. The van der Waals surface area contributed by atoms with Crippen LogP contribution in [-0.2, 0) is 0 Å². The van der Waals surface area contributed by atoms with Crippen molar-refractivity contribution in [3.63, 3.8) is 0 Å². The highest BCUT2D eigenvalue weighted by Gasteiger charge is 2.24. The molecule has 0 aromatic heterocycles. The van der Waals surface area contributed by atoms with Crippen LogP contribution in [0.1, 0.15) is 0 Å². The molecule has 1 amide bonds. The number of carbonyl (C=O) groups is 1. The smallest absolute Gasteiger partial charge is 0.416 e. The number of hydrogen-bond acceptors (Lipinski definition) is 3. The van der Waals surface area contributed by atoms with Crippen molar-refractivity contribution in [1.82, 2.24) is 0 Å². The first-order chi connectivity index (χ1) is 9.50. The van der Waals surface area contributed by atoms with Gasteiger partial charge < -0.3 is 5.11 Å². The van der Waals surface area contributed by atoms with Gasteiger partial charge in [0, 0.05) is 11.1 Å². The molecule has 2 aromatic rings. The Hall–Kier alpha value is -2.60. The largest absolute Gasteiger partial charge is 0.464 e. The van der Waals surface area contributed by atoms with E-state index in [1.54, 1.807) is 0 Å². The highest BCUT2D eigenvalue weighted by atomic mass is 35.5. The number of benzene rings is 2. The fraction of sp³-hybridized carbons (Fsp3) is 0. The third-order valence-electron chi connectivity index (χ3n) is 2.60. The second kappa shape index (κ2) is 5.58. The molecule has 0 saturated carbocycles. The van der Waals surface area contributed by atoms with E-state index in [9.17, 15) is 20.0 Å². The molecule has 0 aliphatic heterocycles. The second-order valence-corrected chi connectivity index (χ2v) is 4.28. The van der Waals surface area contributed by atoms with Gasteiger partial charge in [-0.15, -0.1) is 0 Å². The summed E-state index contributed by atoms with van der Waals surface area (Å²) in [7, 11) is 0. The summed E-state index contributed by atoms with van der Waals surface area (Å²) in [5.41, 5.74) is -0.0339. The summed E-state index contributed by atoms with van der Waals surface area (Å²) >= 11 is 5.75. The molecule has 0 aliphatic rings. The summed E-state index contributed by atoms with van der Waals surface area (Å²) in [5, 5.41) is 20.8. The van der Waals surface area contributed by atoms with E-state index in [2.05, 4.69) is 0 Å². The maximum Gasteiger partial charge on any atom is 0.416 e. The fourth-order valence-electron chi connectivity index (χ4n) is 1.75. The first kappa shape index (κ1) is 13.8. The Morgan fingerprint density at radius 3 is 2.30 bits per heavy atom. The number of amides is 1. The van der Waals surface area contributed by atoms with Gasteiger partial charge in [-0.2, -0.15) is 0 Å². The quantitative estimate of drug-likeness (QED) is 0.683. The molecule has 7 heteroatoms. The number of rotatable bonds is 3. The number of nitrogens with zero attached hydrogens (tertiary/aromatic N) is 2. The topological polar surface area (TPSA) is 83.7 Å². The molecular formula is C13H9ClN2O4. The molecule has 0 aliphatic carbocycles. The maximum absolute atomic E-state index is 11.4. The zero-order valence-corrected chi connectivity index (χ0v) is 10.8. The van der Waals surface area contributed by atoms with Gasteiger partial charge in [0.1, 0.15) is 5.69 Å². The van der Waals surface area contributed by atoms with Crippen LogP contribution < -0.4 is 4.90 Å². The molecule has 0 unspecified atom stereocenters. The lowest BCUT2D eigenvalue weighted by Gasteiger charge is -2.19. The third kappa shape index (κ3) is 2.70. The van der Waals surface area contributed by atoms with E-state index in [1.807, 2.05) is 0 Å². The average molecular weight is 293 g/mol. The summed E-state index contributed by atoms with van der Waals surface area (Å²) in [5.74, 6) is 0. The van der Waals surface area contributed by atoms with Gasteiger partial charge in [-0.25, -0.2) is 9.69 Å². The zero-order chi connectivity index (χ0) is 14.7. The molecule has 0 bridgehead atoms. The lowest BCUT2D eigenvalue weighted by atomic mass is 10.2. The van der Waals surface area contributed by atoms with E-state index in [4.69, 9.17) is 11.6 Å². The first-order valence-corrected chi connectivity index (χ1v) is 5.90. The third-order valence-corrected chi connectivity index (χ3v) is 2.85. The molecule has 2 aromatic carbocycles. The number of carboxylic acid groups (broad SMARTS) is 1. The molecule has 0 spiro atoms. The molecule has 0 radical (unpaired) electrons. The van der Waals surface area contributed by atoms with Gasteiger partial charge in [0.2, 0.25) is 0 Å². The molecule has 2 rings (SSSR count). The van der Waals surface area contributed by atoms with Crippen LogP contribution in [0.2, 0.25) is 5.02 Å². The Balaban J connectivity index is 2.58. The molecule has 1 N–H and O–H groups in total. The lowest BCUT2D eigenvalue weighted by molar-refractivity contribution is -0.384. The maximum atomic E-state index is 11.4. The van der Waals surface area contributed by atoms with Crippen LogP contribution in [0, 0.1) is 10.1 Å². The van der Waals surface area contributed by atoms with Crippen molar-refractivity contribution in [2.45, 2.75) is 0 Å². The molecule has 0 saturated heterocycles. The SMILES string of the molecule is O=C(O)N(c1ccc(Cl)cc1)c1ccccc1[N+](=O)[O-]. The van der Waals surface area contributed by atoms with Gasteiger partial charge in [0.25, 0.3) is 5.69 Å². The van der Waals surface area contributed by atoms with Crippen LogP contribution in [0.3, 0.4) is 0 Å². The lowest BCUT2D eigenvalue weighted by Crippen LogP contribution is -2.24. The highest BCUT2D eigenvalue weighted by molar-refractivity contribution is 6.30. The summed E-state index contributed by atoms with van der Waals surface area (Å²) in [6.07, 6.45) is -1.32. The van der Waals surface area contributed by atoms with Gasteiger partial charge >= 0.3 is 6.09 Å². The molecule has 0 fully saturated rings. The number of hydrogen-bond donors (Lipinski definition) is 1. The predicted octanol–water partition coefficient (Wildman–Crippen LogP) is 4.06. The standard InChI is InChI=1S/C13H9ClN2O4/c14-9-5-7-10(8-6-9)15(13(17)18)11-3-1-2-4-12(11)16(19)20/h1-8H,(H,17,18). The van der Waals surface area contributed by atoms with Crippen molar-refractivity contribution >= 4 is 34.8 Å². The number of para-hydroxylation sites is 2.